The summed E-state index contributed by atoms with van der Waals surface area (Å²) in [5.41, 5.74) is 0.240. The first-order valence-corrected chi connectivity index (χ1v) is 7.88. The number of nitro groups is 1. The van der Waals surface area contributed by atoms with Crippen molar-refractivity contribution in [3.63, 3.8) is 0 Å². The zero-order valence-corrected chi connectivity index (χ0v) is 14.2. The van der Waals surface area contributed by atoms with E-state index in [1.165, 1.54) is 31.4 Å². The predicted molar refractivity (Wildman–Crippen MR) is 97.1 cm³/mol. The van der Waals surface area contributed by atoms with Crippen LogP contribution >= 0.6 is 0 Å². The van der Waals surface area contributed by atoms with Crippen LogP contribution in [0.5, 0.6) is 5.75 Å². The molecule has 0 aliphatic carbocycles. The Morgan fingerprint density at radius 2 is 1.89 bits per heavy atom. The second-order valence-electron chi connectivity index (χ2n) is 5.55. The van der Waals surface area contributed by atoms with Crippen LogP contribution in [-0.4, -0.2) is 17.8 Å². The Labute approximate surface area is 153 Å². The number of allylic oxidation sites excluding steroid dienone is 1. The lowest BCUT2D eigenvalue weighted by molar-refractivity contribution is -0.384. The average Bonchev–Trinajstić information content (AvgIpc) is 3.15. The summed E-state index contributed by atoms with van der Waals surface area (Å²) >= 11 is 0. The number of furan rings is 1. The van der Waals surface area contributed by atoms with Crippen molar-refractivity contribution in [2.45, 2.75) is 0 Å². The molecule has 1 heterocycles. The van der Waals surface area contributed by atoms with E-state index < -0.39 is 16.4 Å². The molecule has 27 heavy (non-hydrogen) atoms. The number of methoxy groups -OCH3 is 1. The number of halogens is 1. The number of carbonyl (C=O) groups is 1. The number of hydrogen-bond acceptors (Lipinski definition) is 5. The average molecular weight is 367 g/mol. The van der Waals surface area contributed by atoms with Gasteiger partial charge in [-0.15, -0.1) is 0 Å². The van der Waals surface area contributed by atoms with Crippen molar-refractivity contribution in [2.75, 3.05) is 7.11 Å². The molecule has 0 aliphatic rings. The van der Waals surface area contributed by atoms with Crippen LogP contribution in [0.15, 0.2) is 65.1 Å². The quantitative estimate of drug-likeness (QED) is 0.268. The summed E-state index contributed by atoms with van der Waals surface area (Å²) in [4.78, 5) is 22.6. The predicted octanol–water partition coefficient (Wildman–Crippen LogP) is 4.90. The number of nitrogens with zero attached hydrogens (tertiary/aromatic N) is 1. The highest BCUT2D eigenvalue weighted by molar-refractivity contribution is 6.06. The second-order valence-corrected chi connectivity index (χ2v) is 5.55. The van der Waals surface area contributed by atoms with Gasteiger partial charge in [-0.05, 0) is 60.7 Å². The number of nitro benzene ring substituents is 1. The first-order valence-electron chi connectivity index (χ1n) is 7.88. The molecular weight excluding hydrogens is 353 g/mol. The molecule has 2 aromatic carbocycles. The molecule has 7 heteroatoms. The van der Waals surface area contributed by atoms with Gasteiger partial charge in [-0.1, -0.05) is 0 Å². The third-order valence-corrected chi connectivity index (χ3v) is 3.82. The topological polar surface area (TPSA) is 82.6 Å². The van der Waals surface area contributed by atoms with Gasteiger partial charge in [0.1, 0.15) is 23.1 Å². The van der Waals surface area contributed by atoms with Crippen LogP contribution in [0.1, 0.15) is 16.1 Å². The standard InChI is InChI=1S/C20H14FNO5/c1-26-15-5-2-13(3-6-15)19(23)10-7-16-8-11-20(27-16)17-9-4-14(21)12-18(17)22(24)25/h2-12H,1H3/b10-7+. The second kappa shape index (κ2) is 7.65. The molecule has 1 aromatic heterocycles. The Morgan fingerprint density at radius 3 is 2.56 bits per heavy atom. The number of ketones is 1. The Hall–Kier alpha value is -3.74. The van der Waals surface area contributed by atoms with Crippen molar-refractivity contribution in [2.24, 2.45) is 0 Å². The minimum Gasteiger partial charge on any atom is -0.497 e. The maximum atomic E-state index is 13.3. The Bertz CT molecular complexity index is 1020. The minimum atomic E-state index is -0.706. The largest absolute Gasteiger partial charge is 0.497 e. The fraction of sp³-hybridized carbons (Fsp3) is 0.0500. The summed E-state index contributed by atoms with van der Waals surface area (Å²) in [7, 11) is 1.54. The smallest absolute Gasteiger partial charge is 0.283 e. The van der Waals surface area contributed by atoms with Crippen LogP contribution < -0.4 is 4.74 Å². The number of hydrogen-bond donors (Lipinski definition) is 0. The van der Waals surface area contributed by atoms with E-state index in [4.69, 9.17) is 9.15 Å². The van der Waals surface area contributed by atoms with Gasteiger partial charge in [-0.2, -0.15) is 0 Å². The zero-order chi connectivity index (χ0) is 19.4. The Morgan fingerprint density at radius 1 is 1.15 bits per heavy atom. The Balaban J connectivity index is 1.81. The molecule has 0 bridgehead atoms. The van der Waals surface area contributed by atoms with Gasteiger partial charge in [0, 0.05) is 5.56 Å². The van der Waals surface area contributed by atoms with Crippen LogP contribution in [0.2, 0.25) is 0 Å². The van der Waals surface area contributed by atoms with Gasteiger partial charge < -0.3 is 9.15 Å². The van der Waals surface area contributed by atoms with Crippen LogP contribution in [-0.2, 0) is 0 Å². The van der Waals surface area contributed by atoms with Gasteiger partial charge in [0.05, 0.1) is 23.7 Å². The highest BCUT2D eigenvalue weighted by Gasteiger charge is 2.19. The molecule has 0 aliphatic heterocycles. The van der Waals surface area contributed by atoms with Crippen LogP contribution in [0.3, 0.4) is 0 Å². The fourth-order valence-corrected chi connectivity index (χ4v) is 2.46. The lowest BCUT2D eigenvalue weighted by Gasteiger charge is -2.00. The summed E-state index contributed by atoms with van der Waals surface area (Å²) in [6.45, 7) is 0. The molecule has 0 N–H and O–H groups in total. The normalized spacial score (nSPS) is 10.9. The molecule has 0 radical (unpaired) electrons. The van der Waals surface area contributed by atoms with Crippen molar-refractivity contribution < 1.29 is 23.3 Å². The summed E-state index contributed by atoms with van der Waals surface area (Å²) in [5, 5.41) is 11.1. The fourth-order valence-electron chi connectivity index (χ4n) is 2.46. The van der Waals surface area contributed by atoms with Gasteiger partial charge in [0.25, 0.3) is 5.69 Å². The van der Waals surface area contributed by atoms with E-state index in [-0.39, 0.29) is 17.1 Å². The van der Waals surface area contributed by atoms with Crippen molar-refractivity contribution in [3.05, 3.63) is 87.9 Å². The molecule has 0 amide bonds. The zero-order valence-electron chi connectivity index (χ0n) is 14.2. The number of ether oxygens (including phenoxy) is 1. The van der Waals surface area contributed by atoms with E-state index in [9.17, 15) is 19.3 Å². The van der Waals surface area contributed by atoms with Crippen molar-refractivity contribution in [3.8, 4) is 17.1 Å². The third kappa shape index (κ3) is 4.09. The highest BCUT2D eigenvalue weighted by atomic mass is 19.1. The molecule has 136 valence electrons. The lowest BCUT2D eigenvalue weighted by Crippen LogP contribution is -1.94. The molecule has 0 spiro atoms. The third-order valence-electron chi connectivity index (χ3n) is 3.82. The summed E-state index contributed by atoms with van der Waals surface area (Å²) < 4.78 is 23.8. The monoisotopic (exact) mass is 367 g/mol. The van der Waals surface area contributed by atoms with Crippen molar-refractivity contribution in [1.29, 1.82) is 0 Å². The van der Waals surface area contributed by atoms with E-state index in [1.54, 1.807) is 30.3 Å². The van der Waals surface area contributed by atoms with E-state index in [0.29, 0.717) is 17.1 Å². The molecule has 3 rings (SSSR count). The number of rotatable bonds is 6. The van der Waals surface area contributed by atoms with Crippen molar-refractivity contribution in [1.82, 2.24) is 0 Å². The molecular formula is C20H14FNO5. The van der Waals surface area contributed by atoms with E-state index in [2.05, 4.69) is 0 Å². The van der Waals surface area contributed by atoms with E-state index >= 15 is 0 Å². The molecule has 3 aromatic rings. The van der Waals surface area contributed by atoms with E-state index in [1.807, 2.05) is 0 Å². The minimum absolute atomic E-state index is 0.155. The maximum absolute atomic E-state index is 13.3. The van der Waals surface area contributed by atoms with Gasteiger partial charge in [0.15, 0.2) is 5.78 Å². The molecule has 0 saturated heterocycles. The lowest BCUT2D eigenvalue weighted by atomic mass is 10.1. The number of carbonyl (C=O) groups excluding carboxylic acids is 1. The first kappa shape index (κ1) is 18.1. The first-order chi connectivity index (χ1) is 13.0. The molecule has 6 nitrogen and oxygen atoms in total. The number of benzene rings is 2. The van der Waals surface area contributed by atoms with Gasteiger partial charge in [-0.3, -0.25) is 14.9 Å². The summed E-state index contributed by atoms with van der Waals surface area (Å²) in [6, 6.07) is 13.0. The SMILES string of the molecule is COc1ccc(C(=O)/C=C/c2ccc(-c3ccc(F)cc3[N+](=O)[O-])o2)cc1. The van der Waals surface area contributed by atoms with Crippen LogP contribution in [0.25, 0.3) is 17.4 Å². The highest BCUT2D eigenvalue weighted by Crippen LogP contribution is 2.32. The van der Waals surface area contributed by atoms with Gasteiger partial charge in [-0.25, -0.2) is 4.39 Å². The maximum Gasteiger partial charge on any atom is 0.283 e. The van der Waals surface area contributed by atoms with Gasteiger partial charge in [0.2, 0.25) is 0 Å². The van der Waals surface area contributed by atoms with Crippen molar-refractivity contribution >= 4 is 17.5 Å². The summed E-state index contributed by atoms with van der Waals surface area (Å²) in [5.74, 6) is 0.251. The molecule has 0 atom stereocenters. The summed E-state index contributed by atoms with van der Waals surface area (Å²) in [6.07, 6.45) is 2.80. The Kier molecular flexibility index (Phi) is 5.12. The van der Waals surface area contributed by atoms with Crippen LogP contribution in [0, 0.1) is 15.9 Å². The molecule has 0 unspecified atom stereocenters. The molecule has 0 saturated carbocycles. The van der Waals surface area contributed by atoms with E-state index in [0.717, 1.165) is 12.1 Å². The van der Waals surface area contributed by atoms with Gasteiger partial charge >= 0.3 is 0 Å². The molecule has 0 fully saturated rings. The van der Waals surface area contributed by atoms with Crippen LogP contribution in [0.4, 0.5) is 10.1 Å².